The van der Waals surface area contributed by atoms with Gasteiger partial charge >= 0.3 is 0 Å². The van der Waals surface area contributed by atoms with Gasteiger partial charge in [0.05, 0.1) is 24.2 Å². The molecule has 4 atom stereocenters. The van der Waals surface area contributed by atoms with Crippen molar-refractivity contribution in [1.29, 1.82) is 5.26 Å². The van der Waals surface area contributed by atoms with Crippen LogP contribution in [-0.2, 0) is 11.2 Å². The molecule has 5 nitrogen and oxygen atoms in total. The van der Waals surface area contributed by atoms with Gasteiger partial charge in [-0.25, -0.2) is 5.84 Å². The average molecular weight is 520 g/mol. The van der Waals surface area contributed by atoms with Gasteiger partial charge in [0.15, 0.2) is 0 Å². The summed E-state index contributed by atoms with van der Waals surface area (Å²) >= 11 is 13.0. The van der Waals surface area contributed by atoms with Crippen molar-refractivity contribution in [2.24, 2.45) is 17.2 Å². The lowest BCUT2D eigenvalue weighted by Crippen LogP contribution is -2.45. The Labute approximate surface area is 221 Å². The number of hydrazine groups is 1. The van der Waals surface area contributed by atoms with Crippen LogP contribution < -0.4 is 10.6 Å². The highest BCUT2D eigenvalue weighted by molar-refractivity contribution is 6.31. The number of nitrogens with two attached hydrogens (primary N) is 1. The van der Waals surface area contributed by atoms with Crippen molar-refractivity contribution < 1.29 is 9.53 Å². The van der Waals surface area contributed by atoms with Gasteiger partial charge in [0.1, 0.15) is 5.75 Å². The molecule has 1 amide bonds. The summed E-state index contributed by atoms with van der Waals surface area (Å²) in [5.74, 6) is 7.10. The SMILES string of the molecule is COc1ccc(C2CCC3(Cc4ccc(C#N)cc4)C(=O)N(N)CC3C2c2ccc(Cl)cc2)c(Cl)c1. The Bertz CT molecular complexity index is 1320. The van der Waals surface area contributed by atoms with Crippen LogP contribution in [-0.4, -0.2) is 24.6 Å². The Morgan fingerprint density at radius 1 is 1.11 bits per heavy atom. The van der Waals surface area contributed by atoms with E-state index in [1.165, 1.54) is 5.01 Å². The maximum Gasteiger partial charge on any atom is 0.243 e. The molecule has 5 rings (SSSR count). The van der Waals surface area contributed by atoms with E-state index in [9.17, 15) is 10.1 Å². The molecule has 1 saturated heterocycles. The molecule has 184 valence electrons. The molecule has 3 aromatic carbocycles. The van der Waals surface area contributed by atoms with E-state index < -0.39 is 5.41 Å². The van der Waals surface area contributed by atoms with E-state index in [0.717, 1.165) is 23.1 Å². The fourth-order valence-corrected chi connectivity index (χ4v) is 6.76. The quantitative estimate of drug-likeness (QED) is 0.326. The van der Waals surface area contributed by atoms with Gasteiger partial charge in [0.2, 0.25) is 5.91 Å². The molecule has 7 heteroatoms. The smallest absolute Gasteiger partial charge is 0.243 e. The number of carbonyl (C=O) groups excluding carboxylic acids is 1. The van der Waals surface area contributed by atoms with Gasteiger partial charge in [-0.15, -0.1) is 0 Å². The Balaban J connectivity index is 1.61. The minimum atomic E-state index is -0.636. The largest absolute Gasteiger partial charge is 0.497 e. The van der Waals surface area contributed by atoms with E-state index in [2.05, 4.69) is 18.2 Å². The number of carbonyl (C=O) groups is 1. The number of ether oxygens (including phenoxy) is 1. The second kappa shape index (κ2) is 9.78. The highest BCUT2D eigenvalue weighted by Gasteiger charge is 2.59. The summed E-state index contributed by atoms with van der Waals surface area (Å²) < 4.78 is 5.37. The van der Waals surface area contributed by atoms with E-state index in [4.69, 9.17) is 33.8 Å². The van der Waals surface area contributed by atoms with Crippen molar-refractivity contribution in [2.45, 2.75) is 31.1 Å². The number of hydrogen-bond acceptors (Lipinski definition) is 4. The molecule has 0 radical (unpaired) electrons. The summed E-state index contributed by atoms with van der Waals surface area (Å²) in [5, 5.41) is 11.9. The van der Waals surface area contributed by atoms with Crippen LogP contribution in [0, 0.1) is 22.7 Å². The molecule has 36 heavy (non-hydrogen) atoms. The number of benzene rings is 3. The number of halogens is 2. The Morgan fingerprint density at radius 3 is 2.47 bits per heavy atom. The van der Waals surface area contributed by atoms with Gasteiger partial charge in [-0.05, 0) is 84.2 Å². The number of methoxy groups -OCH3 is 1. The molecule has 2 fully saturated rings. The van der Waals surface area contributed by atoms with Crippen molar-refractivity contribution in [1.82, 2.24) is 5.01 Å². The molecule has 2 aliphatic rings. The van der Waals surface area contributed by atoms with E-state index in [1.54, 1.807) is 19.2 Å². The Kier molecular flexibility index (Phi) is 6.70. The monoisotopic (exact) mass is 519 g/mol. The topological polar surface area (TPSA) is 79.3 Å². The molecule has 4 unspecified atom stereocenters. The number of hydrogen-bond donors (Lipinski definition) is 1. The predicted octanol–water partition coefficient (Wildman–Crippen LogP) is 6.10. The van der Waals surface area contributed by atoms with Crippen LogP contribution in [0.25, 0.3) is 0 Å². The van der Waals surface area contributed by atoms with Crippen LogP contribution >= 0.6 is 23.2 Å². The Morgan fingerprint density at radius 2 is 1.83 bits per heavy atom. The van der Waals surface area contributed by atoms with Crippen LogP contribution in [0.15, 0.2) is 66.7 Å². The number of nitrogens with zero attached hydrogens (tertiary/aromatic N) is 2. The fraction of sp³-hybridized carbons (Fsp3) is 0.310. The minimum absolute atomic E-state index is 0.0118. The summed E-state index contributed by atoms with van der Waals surface area (Å²) in [7, 11) is 1.62. The Hall–Kier alpha value is -3.04. The first-order valence-electron chi connectivity index (χ1n) is 12.0. The summed E-state index contributed by atoms with van der Waals surface area (Å²) in [6.07, 6.45) is 2.05. The van der Waals surface area contributed by atoms with E-state index in [0.29, 0.717) is 40.7 Å². The van der Waals surface area contributed by atoms with Gasteiger partial charge in [0.25, 0.3) is 0 Å². The molecule has 1 aliphatic carbocycles. The standard InChI is InChI=1S/C29H27Cl2N3O2/c1-36-22-10-11-23(26(31)14-22)24-12-13-29(15-18-2-4-19(16-32)5-3-18)25(17-34(33)28(29)35)27(24)20-6-8-21(30)9-7-20/h2-11,14,24-25,27H,12-13,15,17,33H2,1H3. The predicted molar refractivity (Wildman–Crippen MR) is 141 cm³/mol. The number of rotatable bonds is 5. The third-order valence-electron chi connectivity index (χ3n) is 8.02. The number of fused-ring (bicyclic) bond motifs is 1. The molecule has 0 spiro atoms. The van der Waals surface area contributed by atoms with E-state index in [1.807, 2.05) is 42.5 Å². The van der Waals surface area contributed by atoms with Gasteiger partial charge < -0.3 is 4.74 Å². The van der Waals surface area contributed by atoms with Crippen molar-refractivity contribution >= 4 is 29.1 Å². The molecule has 1 saturated carbocycles. The molecular formula is C29H27Cl2N3O2. The summed E-state index contributed by atoms with van der Waals surface area (Å²) in [4.78, 5) is 13.7. The van der Waals surface area contributed by atoms with Crippen molar-refractivity contribution in [2.75, 3.05) is 13.7 Å². The van der Waals surface area contributed by atoms with Crippen molar-refractivity contribution in [3.8, 4) is 11.8 Å². The normalized spacial score (nSPS) is 25.4. The second-order valence-corrected chi connectivity index (χ2v) is 10.7. The van der Waals surface area contributed by atoms with Crippen LogP contribution in [0.3, 0.4) is 0 Å². The fourth-order valence-electron chi connectivity index (χ4n) is 6.33. The zero-order valence-electron chi connectivity index (χ0n) is 20.0. The van der Waals surface area contributed by atoms with Crippen molar-refractivity contribution in [3.63, 3.8) is 0 Å². The highest BCUT2D eigenvalue weighted by Crippen LogP contribution is 2.60. The lowest BCUT2D eigenvalue weighted by atomic mass is 9.55. The lowest BCUT2D eigenvalue weighted by molar-refractivity contribution is -0.138. The van der Waals surface area contributed by atoms with E-state index in [-0.39, 0.29) is 23.7 Å². The zero-order valence-corrected chi connectivity index (χ0v) is 21.5. The molecule has 3 aromatic rings. The zero-order chi connectivity index (χ0) is 25.4. The van der Waals surface area contributed by atoms with Crippen LogP contribution in [0.4, 0.5) is 0 Å². The molecule has 1 aliphatic heterocycles. The minimum Gasteiger partial charge on any atom is -0.497 e. The molecule has 2 N–H and O–H groups in total. The van der Waals surface area contributed by atoms with E-state index >= 15 is 0 Å². The average Bonchev–Trinajstić information content (AvgIpc) is 3.14. The van der Waals surface area contributed by atoms with Crippen LogP contribution in [0.5, 0.6) is 5.75 Å². The third kappa shape index (κ3) is 4.24. The molecular weight excluding hydrogens is 493 g/mol. The first-order chi connectivity index (χ1) is 17.4. The van der Waals surface area contributed by atoms with Crippen LogP contribution in [0.2, 0.25) is 10.0 Å². The maximum absolute atomic E-state index is 13.7. The van der Waals surface area contributed by atoms with Gasteiger partial charge in [0, 0.05) is 22.5 Å². The molecule has 0 bridgehead atoms. The van der Waals surface area contributed by atoms with Crippen LogP contribution in [0.1, 0.15) is 46.9 Å². The first kappa shape index (κ1) is 24.6. The molecule has 0 aromatic heterocycles. The first-order valence-corrected chi connectivity index (χ1v) is 12.8. The van der Waals surface area contributed by atoms with Gasteiger partial charge in [-0.1, -0.05) is 53.5 Å². The van der Waals surface area contributed by atoms with Gasteiger partial charge in [-0.3, -0.25) is 9.80 Å². The lowest BCUT2D eigenvalue weighted by Gasteiger charge is -2.46. The number of amides is 1. The molecule has 1 heterocycles. The third-order valence-corrected chi connectivity index (χ3v) is 8.60. The highest BCUT2D eigenvalue weighted by atomic mass is 35.5. The summed E-state index contributed by atoms with van der Waals surface area (Å²) in [5.41, 5.74) is 3.16. The summed E-state index contributed by atoms with van der Waals surface area (Å²) in [6, 6.07) is 23.4. The summed E-state index contributed by atoms with van der Waals surface area (Å²) in [6.45, 7) is 0.465. The second-order valence-electron chi connectivity index (χ2n) is 9.82. The number of nitriles is 1. The van der Waals surface area contributed by atoms with Crippen molar-refractivity contribution in [3.05, 3.63) is 99.0 Å². The van der Waals surface area contributed by atoms with Gasteiger partial charge in [-0.2, -0.15) is 5.26 Å². The maximum atomic E-state index is 13.7.